The highest BCUT2D eigenvalue weighted by molar-refractivity contribution is 5.75. The molecule has 0 radical (unpaired) electrons. The minimum Gasteiger partial charge on any atom is -0.333 e. The zero-order chi connectivity index (χ0) is 14.9. The van der Waals surface area contributed by atoms with Gasteiger partial charge in [-0.3, -0.25) is 0 Å². The number of benzene rings is 2. The van der Waals surface area contributed by atoms with Gasteiger partial charge in [-0.1, -0.05) is 60.7 Å². The summed E-state index contributed by atoms with van der Waals surface area (Å²) < 4.78 is 0. The Morgan fingerprint density at radius 3 is 2.55 bits per heavy atom. The maximum atomic E-state index is 3.81. The van der Waals surface area contributed by atoms with Crippen LogP contribution in [0, 0.1) is 0 Å². The number of fused-ring (bicyclic) bond motifs is 3. The predicted molar refractivity (Wildman–Crippen MR) is 93.7 cm³/mol. The molecule has 2 unspecified atom stereocenters. The first kappa shape index (κ1) is 13.1. The van der Waals surface area contributed by atoms with E-state index in [-0.39, 0.29) is 0 Å². The molecule has 0 spiro atoms. The van der Waals surface area contributed by atoms with Gasteiger partial charge in [-0.15, -0.1) is 6.58 Å². The standard InChI is InChI=1S/C21H19N/c1-2-7-16-12-14-17(15-13-16)22-20-10-5-3-8-18(20)19-9-4-6-11-21(19)22/h2-6,8-15,18,20H,1,7H2. The second kappa shape index (κ2) is 5.34. The molecule has 22 heavy (non-hydrogen) atoms. The van der Waals surface area contributed by atoms with Crippen molar-refractivity contribution in [2.24, 2.45) is 0 Å². The lowest BCUT2D eigenvalue weighted by Crippen LogP contribution is -2.28. The first-order valence-electron chi connectivity index (χ1n) is 7.81. The first-order chi connectivity index (χ1) is 10.9. The van der Waals surface area contributed by atoms with Crippen LogP contribution < -0.4 is 4.90 Å². The van der Waals surface area contributed by atoms with Gasteiger partial charge in [0.1, 0.15) is 0 Å². The Bertz CT molecular complexity index is 752. The van der Waals surface area contributed by atoms with Crippen molar-refractivity contribution in [1.82, 2.24) is 0 Å². The molecule has 0 fully saturated rings. The Morgan fingerprint density at radius 2 is 1.73 bits per heavy atom. The van der Waals surface area contributed by atoms with Crippen molar-refractivity contribution in [1.29, 1.82) is 0 Å². The summed E-state index contributed by atoms with van der Waals surface area (Å²) in [5.41, 5.74) is 5.31. The van der Waals surface area contributed by atoms with Gasteiger partial charge in [0.05, 0.1) is 6.04 Å². The van der Waals surface area contributed by atoms with E-state index in [1.165, 1.54) is 22.5 Å². The SMILES string of the molecule is C=CCc1ccc(N2c3ccccc3C3C=CC=CC32)cc1. The molecule has 2 aromatic rings. The van der Waals surface area contributed by atoms with Crippen LogP contribution in [0.15, 0.2) is 85.5 Å². The highest BCUT2D eigenvalue weighted by Gasteiger charge is 2.36. The molecule has 1 aliphatic carbocycles. The Kier molecular flexibility index (Phi) is 3.19. The van der Waals surface area contributed by atoms with Crippen LogP contribution in [0.5, 0.6) is 0 Å². The van der Waals surface area contributed by atoms with Crippen LogP contribution in [0.4, 0.5) is 11.4 Å². The molecule has 0 N–H and O–H groups in total. The molecule has 2 atom stereocenters. The molecule has 108 valence electrons. The molecular weight excluding hydrogens is 266 g/mol. The molecule has 0 aromatic heterocycles. The van der Waals surface area contributed by atoms with Gasteiger partial charge in [-0.25, -0.2) is 0 Å². The Morgan fingerprint density at radius 1 is 0.955 bits per heavy atom. The minimum atomic E-state index is 0.382. The summed E-state index contributed by atoms with van der Waals surface area (Å²) >= 11 is 0. The Hall–Kier alpha value is -2.54. The highest BCUT2D eigenvalue weighted by Crippen LogP contribution is 2.47. The first-order valence-corrected chi connectivity index (χ1v) is 7.81. The molecule has 0 amide bonds. The molecular formula is C21H19N. The summed E-state index contributed by atoms with van der Waals surface area (Å²) in [5, 5.41) is 0. The normalized spacial score (nSPS) is 21.5. The number of allylic oxidation sites excluding steroid dienone is 3. The summed E-state index contributed by atoms with van der Waals surface area (Å²) in [6.07, 6.45) is 11.8. The topological polar surface area (TPSA) is 3.24 Å². The summed E-state index contributed by atoms with van der Waals surface area (Å²) in [7, 11) is 0. The predicted octanol–water partition coefficient (Wildman–Crippen LogP) is 5.15. The van der Waals surface area contributed by atoms with Crippen LogP contribution in [-0.4, -0.2) is 6.04 Å². The highest BCUT2D eigenvalue weighted by atomic mass is 15.2. The quantitative estimate of drug-likeness (QED) is 0.705. The average Bonchev–Trinajstić information content (AvgIpc) is 2.91. The molecule has 1 aliphatic heterocycles. The smallest absolute Gasteiger partial charge is 0.0629 e. The summed E-state index contributed by atoms with van der Waals surface area (Å²) in [6.45, 7) is 3.81. The van der Waals surface area contributed by atoms with Gasteiger partial charge in [0, 0.05) is 17.3 Å². The number of hydrogen-bond donors (Lipinski definition) is 0. The second-order valence-electron chi connectivity index (χ2n) is 5.87. The van der Waals surface area contributed by atoms with Crippen molar-refractivity contribution in [3.63, 3.8) is 0 Å². The van der Waals surface area contributed by atoms with Crippen molar-refractivity contribution in [3.05, 3.63) is 96.6 Å². The number of nitrogens with zero attached hydrogens (tertiary/aromatic N) is 1. The molecule has 1 heterocycles. The third-order valence-electron chi connectivity index (χ3n) is 4.55. The monoisotopic (exact) mass is 285 g/mol. The lowest BCUT2D eigenvalue weighted by molar-refractivity contribution is 0.744. The fourth-order valence-corrected chi connectivity index (χ4v) is 3.55. The largest absolute Gasteiger partial charge is 0.333 e. The van der Waals surface area contributed by atoms with E-state index >= 15 is 0 Å². The summed E-state index contributed by atoms with van der Waals surface area (Å²) in [5.74, 6) is 0.453. The van der Waals surface area contributed by atoms with Gasteiger partial charge in [-0.2, -0.15) is 0 Å². The van der Waals surface area contributed by atoms with Crippen molar-refractivity contribution in [2.45, 2.75) is 18.4 Å². The maximum Gasteiger partial charge on any atom is 0.0629 e. The van der Waals surface area contributed by atoms with Crippen LogP contribution in [0.3, 0.4) is 0 Å². The Labute approximate surface area is 131 Å². The maximum absolute atomic E-state index is 3.81. The third-order valence-corrected chi connectivity index (χ3v) is 4.55. The zero-order valence-corrected chi connectivity index (χ0v) is 12.5. The van der Waals surface area contributed by atoms with E-state index in [0.717, 1.165) is 6.42 Å². The summed E-state index contributed by atoms with van der Waals surface area (Å²) in [4.78, 5) is 2.46. The van der Waals surface area contributed by atoms with Crippen LogP contribution in [0.25, 0.3) is 0 Å². The molecule has 0 saturated carbocycles. The molecule has 4 rings (SSSR count). The lowest BCUT2D eigenvalue weighted by Gasteiger charge is -2.28. The molecule has 2 aromatic carbocycles. The molecule has 2 aliphatic rings. The van der Waals surface area contributed by atoms with E-state index < -0.39 is 0 Å². The van der Waals surface area contributed by atoms with Gasteiger partial charge < -0.3 is 4.90 Å². The third kappa shape index (κ3) is 2.01. The molecule has 0 bridgehead atoms. The van der Waals surface area contributed by atoms with E-state index in [2.05, 4.69) is 84.3 Å². The van der Waals surface area contributed by atoms with Crippen LogP contribution in [0.1, 0.15) is 17.0 Å². The average molecular weight is 285 g/mol. The van der Waals surface area contributed by atoms with Crippen LogP contribution in [0.2, 0.25) is 0 Å². The summed E-state index contributed by atoms with van der Waals surface area (Å²) in [6, 6.07) is 18.0. The fourth-order valence-electron chi connectivity index (χ4n) is 3.55. The molecule has 1 heteroatoms. The number of hydrogen-bond acceptors (Lipinski definition) is 1. The van der Waals surface area contributed by atoms with Crippen molar-refractivity contribution >= 4 is 11.4 Å². The molecule has 0 saturated heterocycles. The van der Waals surface area contributed by atoms with Gasteiger partial charge in [0.15, 0.2) is 0 Å². The molecule has 1 nitrogen and oxygen atoms in total. The lowest BCUT2D eigenvalue weighted by atomic mass is 9.91. The van der Waals surface area contributed by atoms with E-state index in [0.29, 0.717) is 12.0 Å². The van der Waals surface area contributed by atoms with E-state index in [1.807, 2.05) is 6.08 Å². The number of anilines is 2. The minimum absolute atomic E-state index is 0.382. The van der Waals surface area contributed by atoms with Crippen LogP contribution in [-0.2, 0) is 6.42 Å². The fraction of sp³-hybridized carbons (Fsp3) is 0.143. The van der Waals surface area contributed by atoms with Crippen LogP contribution >= 0.6 is 0 Å². The number of para-hydroxylation sites is 1. The van der Waals surface area contributed by atoms with E-state index in [4.69, 9.17) is 0 Å². The van der Waals surface area contributed by atoms with Crippen molar-refractivity contribution < 1.29 is 0 Å². The van der Waals surface area contributed by atoms with E-state index in [9.17, 15) is 0 Å². The number of rotatable bonds is 3. The van der Waals surface area contributed by atoms with Crippen molar-refractivity contribution in [3.8, 4) is 0 Å². The van der Waals surface area contributed by atoms with Gasteiger partial charge >= 0.3 is 0 Å². The van der Waals surface area contributed by atoms with E-state index in [1.54, 1.807) is 0 Å². The van der Waals surface area contributed by atoms with Crippen molar-refractivity contribution in [2.75, 3.05) is 4.90 Å². The van der Waals surface area contributed by atoms with Gasteiger partial charge in [0.25, 0.3) is 0 Å². The Balaban J connectivity index is 1.78. The second-order valence-corrected chi connectivity index (χ2v) is 5.87. The van der Waals surface area contributed by atoms with Gasteiger partial charge in [0.2, 0.25) is 0 Å². The zero-order valence-electron chi connectivity index (χ0n) is 12.5. The van der Waals surface area contributed by atoms with Gasteiger partial charge in [-0.05, 0) is 35.7 Å².